The van der Waals surface area contributed by atoms with E-state index >= 15 is 0 Å². The van der Waals surface area contributed by atoms with Crippen molar-refractivity contribution in [2.24, 2.45) is 0 Å². The third-order valence-electron chi connectivity index (χ3n) is 2.98. The molecule has 3 nitrogen and oxygen atoms in total. The quantitative estimate of drug-likeness (QED) is 0.821. The predicted octanol–water partition coefficient (Wildman–Crippen LogP) is 1.92. The normalized spacial score (nSPS) is 15.2. The summed E-state index contributed by atoms with van der Waals surface area (Å²) in [5.41, 5.74) is 0.918. The Bertz CT molecular complexity index is 404. The molecule has 1 aromatic carbocycles. The van der Waals surface area contributed by atoms with Crippen LogP contribution in [0.2, 0.25) is 0 Å². The molecule has 1 N–H and O–H groups in total. The minimum atomic E-state index is -0.795. The lowest BCUT2D eigenvalue weighted by atomic mass is 10.1. The van der Waals surface area contributed by atoms with E-state index in [1.54, 1.807) is 6.07 Å². The zero-order chi connectivity index (χ0) is 12.3. The van der Waals surface area contributed by atoms with Crippen LogP contribution in [-0.4, -0.2) is 35.1 Å². The van der Waals surface area contributed by atoms with Crippen LogP contribution in [0.4, 0.5) is 4.39 Å². The smallest absolute Gasteiger partial charge is 0.317 e. The summed E-state index contributed by atoms with van der Waals surface area (Å²) in [6, 6.07) is 6.89. The summed E-state index contributed by atoms with van der Waals surface area (Å²) in [7, 11) is 0. The van der Waals surface area contributed by atoms with Crippen LogP contribution in [0, 0.1) is 5.82 Å². The van der Waals surface area contributed by atoms with Gasteiger partial charge in [0.25, 0.3) is 0 Å². The van der Waals surface area contributed by atoms with E-state index in [9.17, 15) is 9.18 Å². The third kappa shape index (κ3) is 3.82. The molecule has 0 aliphatic heterocycles. The van der Waals surface area contributed by atoms with E-state index in [1.165, 1.54) is 12.1 Å². The van der Waals surface area contributed by atoms with Gasteiger partial charge in [-0.25, -0.2) is 4.39 Å². The molecule has 0 radical (unpaired) electrons. The largest absolute Gasteiger partial charge is 0.480 e. The SMILES string of the molecule is O=C(O)CN(CCc1cccc(F)c1)C1CC1. The van der Waals surface area contributed by atoms with Gasteiger partial charge in [-0.05, 0) is 37.0 Å². The number of halogens is 1. The van der Waals surface area contributed by atoms with Crippen LogP contribution in [0.15, 0.2) is 24.3 Å². The second-order valence-electron chi connectivity index (χ2n) is 4.48. The first-order chi connectivity index (χ1) is 8.15. The van der Waals surface area contributed by atoms with Crippen molar-refractivity contribution < 1.29 is 14.3 Å². The van der Waals surface area contributed by atoms with Crippen molar-refractivity contribution in [1.29, 1.82) is 0 Å². The Balaban J connectivity index is 1.88. The average Bonchev–Trinajstić information content (AvgIpc) is 3.07. The van der Waals surface area contributed by atoms with E-state index in [0.717, 1.165) is 18.4 Å². The predicted molar refractivity (Wildman–Crippen MR) is 62.3 cm³/mol. The molecule has 0 aromatic heterocycles. The summed E-state index contributed by atoms with van der Waals surface area (Å²) in [4.78, 5) is 12.7. The highest BCUT2D eigenvalue weighted by atomic mass is 19.1. The molecule has 2 rings (SSSR count). The first-order valence-corrected chi connectivity index (χ1v) is 5.85. The summed E-state index contributed by atoms with van der Waals surface area (Å²) in [5, 5.41) is 8.80. The van der Waals surface area contributed by atoms with Crippen LogP contribution in [-0.2, 0) is 11.2 Å². The number of carboxylic acids is 1. The number of carbonyl (C=O) groups is 1. The minimum absolute atomic E-state index is 0.0833. The Labute approximate surface area is 99.9 Å². The molecule has 1 aromatic rings. The van der Waals surface area contributed by atoms with Crippen LogP contribution >= 0.6 is 0 Å². The highest BCUT2D eigenvalue weighted by Gasteiger charge is 2.29. The summed E-state index contributed by atoms with van der Waals surface area (Å²) in [6.07, 6.45) is 2.86. The molecule has 0 saturated heterocycles. The Kier molecular flexibility index (Phi) is 3.74. The third-order valence-corrected chi connectivity index (χ3v) is 2.98. The van der Waals surface area contributed by atoms with E-state index < -0.39 is 5.97 Å². The average molecular weight is 237 g/mol. The van der Waals surface area contributed by atoms with Gasteiger partial charge in [0.05, 0.1) is 6.54 Å². The number of carboxylic acid groups (broad SMARTS) is 1. The maximum atomic E-state index is 13.0. The summed E-state index contributed by atoms with van der Waals surface area (Å²) >= 11 is 0. The van der Waals surface area contributed by atoms with E-state index in [-0.39, 0.29) is 12.4 Å². The Morgan fingerprint density at radius 2 is 2.24 bits per heavy atom. The fourth-order valence-corrected chi connectivity index (χ4v) is 1.97. The van der Waals surface area contributed by atoms with Gasteiger partial charge in [-0.15, -0.1) is 0 Å². The van der Waals surface area contributed by atoms with Crippen LogP contribution in [0.25, 0.3) is 0 Å². The number of hydrogen-bond acceptors (Lipinski definition) is 2. The standard InChI is InChI=1S/C13H16FNO2/c14-11-3-1-2-10(8-11)6-7-15(9-13(16)17)12-4-5-12/h1-3,8,12H,4-7,9H2,(H,16,17). The van der Waals surface area contributed by atoms with Gasteiger partial charge in [0.2, 0.25) is 0 Å². The molecule has 1 fully saturated rings. The molecule has 0 unspecified atom stereocenters. The van der Waals surface area contributed by atoms with E-state index in [4.69, 9.17) is 5.11 Å². The van der Waals surface area contributed by atoms with Gasteiger partial charge in [-0.1, -0.05) is 12.1 Å². The lowest BCUT2D eigenvalue weighted by Crippen LogP contribution is -2.33. The Morgan fingerprint density at radius 1 is 1.47 bits per heavy atom. The fourth-order valence-electron chi connectivity index (χ4n) is 1.97. The van der Waals surface area contributed by atoms with Gasteiger partial charge >= 0.3 is 5.97 Å². The van der Waals surface area contributed by atoms with E-state index in [1.807, 2.05) is 11.0 Å². The summed E-state index contributed by atoms with van der Waals surface area (Å²) in [5.74, 6) is -1.03. The van der Waals surface area contributed by atoms with Gasteiger partial charge in [-0.2, -0.15) is 0 Å². The van der Waals surface area contributed by atoms with Crippen LogP contribution in [0.1, 0.15) is 18.4 Å². The first kappa shape index (κ1) is 12.0. The fraction of sp³-hybridized carbons (Fsp3) is 0.462. The zero-order valence-electron chi connectivity index (χ0n) is 9.60. The number of benzene rings is 1. The summed E-state index contributed by atoms with van der Waals surface area (Å²) < 4.78 is 13.0. The van der Waals surface area contributed by atoms with E-state index in [0.29, 0.717) is 19.0 Å². The van der Waals surface area contributed by atoms with Crippen molar-refractivity contribution in [2.75, 3.05) is 13.1 Å². The van der Waals surface area contributed by atoms with Crippen LogP contribution < -0.4 is 0 Å². The van der Waals surface area contributed by atoms with E-state index in [2.05, 4.69) is 0 Å². The van der Waals surface area contributed by atoms with Gasteiger partial charge < -0.3 is 5.11 Å². The molecule has 1 aliphatic rings. The van der Waals surface area contributed by atoms with Crippen molar-refractivity contribution in [3.63, 3.8) is 0 Å². The molecule has 1 saturated carbocycles. The Morgan fingerprint density at radius 3 is 2.82 bits per heavy atom. The Hall–Kier alpha value is -1.42. The molecular weight excluding hydrogens is 221 g/mol. The van der Waals surface area contributed by atoms with Crippen molar-refractivity contribution >= 4 is 5.97 Å². The second kappa shape index (κ2) is 5.27. The number of hydrogen-bond donors (Lipinski definition) is 1. The number of nitrogens with zero attached hydrogens (tertiary/aromatic N) is 1. The zero-order valence-corrected chi connectivity index (χ0v) is 9.60. The maximum absolute atomic E-state index is 13.0. The first-order valence-electron chi connectivity index (χ1n) is 5.85. The number of aliphatic carboxylic acids is 1. The lowest BCUT2D eigenvalue weighted by molar-refractivity contribution is -0.138. The molecule has 0 spiro atoms. The van der Waals surface area contributed by atoms with Crippen molar-refractivity contribution in [3.8, 4) is 0 Å². The molecule has 0 bridgehead atoms. The van der Waals surface area contributed by atoms with Crippen molar-refractivity contribution in [3.05, 3.63) is 35.6 Å². The molecule has 0 atom stereocenters. The molecule has 0 heterocycles. The van der Waals surface area contributed by atoms with Crippen LogP contribution in [0.3, 0.4) is 0 Å². The molecule has 92 valence electrons. The maximum Gasteiger partial charge on any atom is 0.317 e. The van der Waals surface area contributed by atoms with Crippen molar-refractivity contribution in [1.82, 2.24) is 4.90 Å². The molecule has 0 amide bonds. The van der Waals surface area contributed by atoms with Crippen LogP contribution in [0.5, 0.6) is 0 Å². The number of rotatable bonds is 6. The van der Waals surface area contributed by atoms with Crippen molar-refractivity contribution in [2.45, 2.75) is 25.3 Å². The van der Waals surface area contributed by atoms with Gasteiger partial charge in [0.1, 0.15) is 5.82 Å². The topological polar surface area (TPSA) is 40.5 Å². The second-order valence-corrected chi connectivity index (χ2v) is 4.48. The van der Waals surface area contributed by atoms with Gasteiger partial charge in [-0.3, -0.25) is 9.69 Å². The van der Waals surface area contributed by atoms with Gasteiger partial charge in [0.15, 0.2) is 0 Å². The molecule has 4 heteroatoms. The highest BCUT2D eigenvalue weighted by molar-refractivity contribution is 5.69. The molecular formula is C13H16FNO2. The minimum Gasteiger partial charge on any atom is -0.480 e. The monoisotopic (exact) mass is 237 g/mol. The molecule has 17 heavy (non-hydrogen) atoms. The van der Waals surface area contributed by atoms with Gasteiger partial charge in [0, 0.05) is 12.6 Å². The highest BCUT2D eigenvalue weighted by Crippen LogP contribution is 2.26. The summed E-state index contributed by atoms with van der Waals surface area (Å²) in [6.45, 7) is 0.764. The lowest BCUT2D eigenvalue weighted by Gasteiger charge is -2.19. The molecule has 1 aliphatic carbocycles.